The molecule has 1 atom stereocenters. The van der Waals surface area contributed by atoms with Crippen LogP contribution in [0.3, 0.4) is 0 Å². The van der Waals surface area contributed by atoms with Crippen LogP contribution >= 0.6 is 0 Å². The first-order chi connectivity index (χ1) is 13.7. The lowest BCUT2D eigenvalue weighted by atomic mass is 10.0. The highest BCUT2D eigenvalue weighted by Gasteiger charge is 2.19. The summed E-state index contributed by atoms with van der Waals surface area (Å²) in [5, 5.41) is 8.42. The van der Waals surface area contributed by atoms with E-state index >= 15 is 0 Å². The van der Waals surface area contributed by atoms with Crippen molar-refractivity contribution in [3.05, 3.63) is 55.0 Å². The van der Waals surface area contributed by atoms with Crippen LogP contribution in [0.5, 0.6) is 0 Å². The summed E-state index contributed by atoms with van der Waals surface area (Å²) in [4.78, 5) is 28.4. The molecule has 3 N–H and O–H groups in total. The highest BCUT2D eigenvalue weighted by atomic mass is 16.5. The molecule has 144 valence electrons. The summed E-state index contributed by atoms with van der Waals surface area (Å²) < 4.78 is 7.11. The fourth-order valence-electron chi connectivity index (χ4n) is 3.14. The van der Waals surface area contributed by atoms with Gasteiger partial charge in [-0.3, -0.25) is 4.79 Å². The van der Waals surface area contributed by atoms with E-state index in [1.165, 1.54) is 0 Å². The third-order valence-electron chi connectivity index (χ3n) is 4.57. The number of rotatable bonds is 5. The molecule has 3 heterocycles. The maximum absolute atomic E-state index is 12.2. The zero-order valence-corrected chi connectivity index (χ0v) is 15.2. The topological polar surface area (TPSA) is 96.8 Å². The second-order valence-corrected chi connectivity index (χ2v) is 6.75. The van der Waals surface area contributed by atoms with E-state index < -0.39 is 0 Å². The van der Waals surface area contributed by atoms with Gasteiger partial charge in [0.05, 0.1) is 5.69 Å². The van der Waals surface area contributed by atoms with Gasteiger partial charge in [-0.15, -0.1) is 0 Å². The largest absolute Gasteiger partial charge is 0.381 e. The van der Waals surface area contributed by atoms with Crippen LogP contribution in [0.25, 0.3) is 5.65 Å². The summed E-state index contributed by atoms with van der Waals surface area (Å²) >= 11 is 0. The number of benzene rings is 1. The van der Waals surface area contributed by atoms with Gasteiger partial charge in [0.2, 0.25) is 5.91 Å². The predicted octanol–water partition coefficient (Wildman–Crippen LogP) is 3.34. The fourth-order valence-corrected chi connectivity index (χ4v) is 3.14. The Balaban J connectivity index is 1.29. The van der Waals surface area contributed by atoms with Crippen molar-refractivity contribution in [3.8, 4) is 0 Å². The maximum atomic E-state index is 12.2. The summed E-state index contributed by atoms with van der Waals surface area (Å²) in [6.07, 6.45) is 6.69. The number of aromatic nitrogens is 2. The first-order valence-electron chi connectivity index (χ1n) is 9.14. The molecular weight excluding hydrogens is 358 g/mol. The van der Waals surface area contributed by atoms with Gasteiger partial charge in [0.15, 0.2) is 0 Å². The molecule has 0 bridgehead atoms. The quantitative estimate of drug-likeness (QED) is 0.633. The summed E-state index contributed by atoms with van der Waals surface area (Å²) in [5.41, 5.74) is 2.79. The average Bonchev–Trinajstić information content (AvgIpc) is 3.34. The van der Waals surface area contributed by atoms with Crippen LogP contribution in [0.4, 0.5) is 21.9 Å². The molecule has 1 aromatic carbocycles. The van der Waals surface area contributed by atoms with Crippen LogP contribution in [0.15, 0.2) is 55.0 Å². The molecule has 8 nitrogen and oxygen atoms in total. The number of carbonyl (C=O) groups excluding carboxylic acids is 2. The normalized spacial score (nSPS) is 16.1. The zero-order chi connectivity index (χ0) is 19.3. The molecule has 1 saturated heterocycles. The molecule has 3 amide bonds. The smallest absolute Gasteiger partial charge is 0.323 e. The average molecular weight is 379 g/mol. The predicted molar refractivity (Wildman–Crippen MR) is 106 cm³/mol. The van der Waals surface area contributed by atoms with E-state index in [9.17, 15) is 9.59 Å². The van der Waals surface area contributed by atoms with Crippen molar-refractivity contribution in [2.75, 3.05) is 29.2 Å². The van der Waals surface area contributed by atoms with Gasteiger partial charge in [-0.25, -0.2) is 9.78 Å². The van der Waals surface area contributed by atoms with Crippen LogP contribution in [0, 0.1) is 5.92 Å². The van der Waals surface area contributed by atoms with E-state index in [2.05, 4.69) is 20.9 Å². The molecule has 1 aliphatic rings. The van der Waals surface area contributed by atoms with Crippen LogP contribution in [0.1, 0.15) is 12.8 Å². The van der Waals surface area contributed by atoms with Gasteiger partial charge in [-0.1, -0.05) is 0 Å². The number of imidazole rings is 1. The monoisotopic (exact) mass is 379 g/mol. The van der Waals surface area contributed by atoms with Crippen LogP contribution in [-0.2, 0) is 9.53 Å². The molecule has 1 aliphatic heterocycles. The molecule has 8 heteroatoms. The SMILES string of the molecule is O=C(CC1CCOC1)Nc1ccc(NC(=O)Nc2ccc3nccn3c2)cc1. The van der Waals surface area contributed by atoms with E-state index in [4.69, 9.17) is 4.74 Å². The van der Waals surface area contributed by atoms with Gasteiger partial charge >= 0.3 is 6.03 Å². The van der Waals surface area contributed by atoms with Crippen molar-refractivity contribution in [2.24, 2.45) is 5.92 Å². The van der Waals surface area contributed by atoms with E-state index in [1.54, 1.807) is 42.7 Å². The third kappa shape index (κ3) is 4.47. The van der Waals surface area contributed by atoms with Crippen LogP contribution < -0.4 is 16.0 Å². The first kappa shape index (κ1) is 18.0. The second-order valence-electron chi connectivity index (χ2n) is 6.75. The molecule has 2 aromatic heterocycles. The molecule has 4 rings (SSSR count). The van der Waals surface area contributed by atoms with Crippen molar-refractivity contribution in [1.82, 2.24) is 9.38 Å². The second kappa shape index (κ2) is 8.10. The number of anilines is 3. The molecule has 3 aromatic rings. The van der Waals surface area contributed by atoms with Crippen molar-refractivity contribution < 1.29 is 14.3 Å². The number of carbonyl (C=O) groups is 2. The van der Waals surface area contributed by atoms with E-state index in [-0.39, 0.29) is 11.9 Å². The Labute approximate surface area is 161 Å². The number of ether oxygens (including phenoxy) is 1. The van der Waals surface area contributed by atoms with Crippen LogP contribution in [-0.4, -0.2) is 34.5 Å². The lowest BCUT2D eigenvalue weighted by molar-refractivity contribution is -0.117. The van der Waals surface area contributed by atoms with Gasteiger partial charge in [0.25, 0.3) is 0 Å². The number of nitrogens with one attached hydrogen (secondary N) is 3. The number of nitrogens with zero attached hydrogens (tertiary/aromatic N) is 2. The van der Waals surface area contributed by atoms with Gasteiger partial charge in [-0.05, 0) is 48.7 Å². The lowest BCUT2D eigenvalue weighted by Gasteiger charge is -2.10. The van der Waals surface area contributed by atoms with Gasteiger partial charge in [0, 0.05) is 49.6 Å². The molecule has 0 radical (unpaired) electrons. The Bertz CT molecular complexity index is 977. The van der Waals surface area contributed by atoms with Crippen molar-refractivity contribution in [3.63, 3.8) is 0 Å². The number of fused-ring (bicyclic) bond motifs is 1. The fraction of sp³-hybridized carbons (Fsp3) is 0.250. The third-order valence-corrected chi connectivity index (χ3v) is 4.57. The van der Waals surface area contributed by atoms with Crippen molar-refractivity contribution in [2.45, 2.75) is 12.8 Å². The number of hydrogen-bond donors (Lipinski definition) is 3. The molecular formula is C20H21N5O3. The Morgan fingerprint density at radius 2 is 1.75 bits per heavy atom. The minimum atomic E-state index is -0.350. The molecule has 0 saturated carbocycles. The van der Waals surface area contributed by atoms with Gasteiger partial charge < -0.3 is 25.1 Å². The summed E-state index contributed by atoms with van der Waals surface area (Å²) in [5.74, 6) is 0.273. The molecule has 1 unspecified atom stereocenters. The van der Waals surface area contributed by atoms with Crippen LogP contribution in [0.2, 0.25) is 0 Å². The highest BCUT2D eigenvalue weighted by Crippen LogP contribution is 2.19. The van der Waals surface area contributed by atoms with E-state index in [0.717, 1.165) is 18.7 Å². The number of urea groups is 1. The van der Waals surface area contributed by atoms with E-state index in [0.29, 0.717) is 36.0 Å². The zero-order valence-electron chi connectivity index (χ0n) is 15.2. The summed E-state index contributed by atoms with van der Waals surface area (Å²) in [6, 6.07) is 10.3. The Hall–Kier alpha value is -3.39. The molecule has 0 aliphatic carbocycles. The Morgan fingerprint density at radius 3 is 2.50 bits per heavy atom. The molecule has 28 heavy (non-hydrogen) atoms. The lowest BCUT2D eigenvalue weighted by Crippen LogP contribution is -2.19. The van der Waals surface area contributed by atoms with Gasteiger partial charge in [-0.2, -0.15) is 0 Å². The Kier molecular flexibility index (Phi) is 5.20. The minimum Gasteiger partial charge on any atom is -0.381 e. The number of amides is 3. The minimum absolute atomic E-state index is 0.0242. The maximum Gasteiger partial charge on any atom is 0.323 e. The molecule has 0 spiro atoms. The van der Waals surface area contributed by atoms with Crippen molar-refractivity contribution >= 4 is 34.6 Å². The highest BCUT2D eigenvalue weighted by molar-refractivity contribution is 6.00. The first-order valence-corrected chi connectivity index (χ1v) is 9.14. The summed E-state index contributed by atoms with van der Waals surface area (Å²) in [7, 11) is 0. The number of hydrogen-bond acceptors (Lipinski definition) is 4. The Morgan fingerprint density at radius 1 is 1.04 bits per heavy atom. The number of pyridine rings is 1. The summed E-state index contributed by atoms with van der Waals surface area (Å²) in [6.45, 7) is 1.38. The van der Waals surface area contributed by atoms with E-state index in [1.807, 2.05) is 16.7 Å². The van der Waals surface area contributed by atoms with Crippen molar-refractivity contribution in [1.29, 1.82) is 0 Å². The standard InChI is InChI=1S/C20H21N5O3/c26-19(11-14-7-10-28-13-14)22-15-1-3-16(4-2-15)23-20(27)24-17-5-6-18-21-8-9-25(18)12-17/h1-6,8-9,12,14H,7,10-11,13H2,(H,22,26)(H2,23,24,27). The van der Waals surface area contributed by atoms with Gasteiger partial charge in [0.1, 0.15) is 5.65 Å². The molecule has 1 fully saturated rings.